The van der Waals surface area contributed by atoms with E-state index >= 15 is 0 Å². The highest BCUT2D eigenvalue weighted by atomic mass is 32.2. The van der Waals surface area contributed by atoms with Crippen LogP contribution in [-0.4, -0.2) is 32.0 Å². The number of rotatable bonds is 11. The van der Waals surface area contributed by atoms with Gasteiger partial charge in [-0.15, -0.1) is 4.98 Å². The summed E-state index contributed by atoms with van der Waals surface area (Å²) in [6.07, 6.45) is 2.97. The average Bonchev–Trinajstić information content (AvgIpc) is 3.39. The molecule has 0 aliphatic rings. The van der Waals surface area contributed by atoms with Crippen LogP contribution in [0, 0.1) is 12.7 Å². The van der Waals surface area contributed by atoms with Gasteiger partial charge in [0.2, 0.25) is 12.1 Å². The number of ether oxygens (including phenoxy) is 1. The van der Waals surface area contributed by atoms with E-state index < -0.39 is 9.84 Å². The molecule has 0 aliphatic heterocycles. The average molecular weight is 563 g/mol. The van der Waals surface area contributed by atoms with Gasteiger partial charge in [-0.1, -0.05) is 12.1 Å². The molecule has 0 radical (unpaired) electrons. The highest BCUT2D eigenvalue weighted by Gasteiger charge is 2.14. The van der Waals surface area contributed by atoms with Crippen molar-refractivity contribution >= 4 is 32.2 Å². The van der Waals surface area contributed by atoms with E-state index in [-0.39, 0.29) is 18.2 Å². The number of fused-ring (bicyclic) bond motifs is 1. The molecule has 1 unspecified atom stereocenters. The largest absolute Gasteiger partial charge is 0.489 e. The minimum atomic E-state index is -2.76. The van der Waals surface area contributed by atoms with Crippen molar-refractivity contribution in [3.8, 4) is 17.1 Å². The van der Waals surface area contributed by atoms with Crippen LogP contribution in [0.5, 0.6) is 5.75 Å². The molecule has 1 atom stereocenters. The summed E-state index contributed by atoms with van der Waals surface area (Å²) >= 11 is 0. The minimum absolute atomic E-state index is 0.189. The van der Waals surface area contributed by atoms with Gasteiger partial charge >= 0.3 is 0 Å². The number of anilines is 2. The summed E-state index contributed by atoms with van der Waals surface area (Å²) in [5.41, 5.74) is 4.29. The monoisotopic (exact) mass is 562 g/mol. The molecule has 10 heteroatoms. The molecular formula is C30H31FN4O4S+2. The SMILES string of the molecule is Cc1cc(Nc2[nH+]cnc3ccc(-c4ccc(CNCCS(C)(=O)=[OH+])o4)cc23)ccc1OCc1cccc(F)c1. The van der Waals surface area contributed by atoms with Gasteiger partial charge < -0.3 is 14.5 Å². The fraction of sp³-hybridized carbons (Fsp3) is 0.200. The molecule has 0 fully saturated rings. The number of aryl methyl sites for hydroxylation is 1. The first-order chi connectivity index (χ1) is 19.2. The van der Waals surface area contributed by atoms with E-state index in [9.17, 15) is 12.8 Å². The van der Waals surface area contributed by atoms with Crippen LogP contribution >= 0.6 is 0 Å². The second-order valence-corrected chi connectivity index (χ2v) is 12.0. The van der Waals surface area contributed by atoms with Gasteiger partial charge in [0.05, 0.1) is 23.9 Å². The summed E-state index contributed by atoms with van der Waals surface area (Å²) in [6.45, 7) is 3.14. The molecule has 0 spiro atoms. The Bertz CT molecular complexity index is 1750. The highest BCUT2D eigenvalue weighted by Crippen LogP contribution is 2.30. The Morgan fingerprint density at radius 3 is 2.77 bits per heavy atom. The second kappa shape index (κ2) is 11.8. The van der Waals surface area contributed by atoms with E-state index in [1.165, 1.54) is 18.4 Å². The van der Waals surface area contributed by atoms with Crippen LogP contribution in [0.1, 0.15) is 16.9 Å². The fourth-order valence-electron chi connectivity index (χ4n) is 4.27. The number of aromatic nitrogens is 2. The van der Waals surface area contributed by atoms with Crippen molar-refractivity contribution in [1.82, 2.24) is 10.3 Å². The molecule has 0 saturated carbocycles. The molecule has 2 aromatic heterocycles. The molecule has 206 valence electrons. The third kappa shape index (κ3) is 7.02. The Morgan fingerprint density at radius 2 is 1.98 bits per heavy atom. The maximum Gasteiger partial charge on any atom is 0.271 e. The maximum atomic E-state index is 13.5. The summed E-state index contributed by atoms with van der Waals surface area (Å²) in [4.78, 5) is 7.66. The van der Waals surface area contributed by atoms with Crippen LogP contribution in [0.25, 0.3) is 22.2 Å². The molecule has 40 heavy (non-hydrogen) atoms. The normalized spacial score (nSPS) is 12.8. The number of halogens is 1. The molecule has 0 aliphatic carbocycles. The van der Waals surface area contributed by atoms with E-state index in [0.29, 0.717) is 18.8 Å². The Hall–Kier alpha value is -4.28. The van der Waals surface area contributed by atoms with Gasteiger partial charge in [0.15, 0.2) is 5.52 Å². The summed E-state index contributed by atoms with van der Waals surface area (Å²) in [5, 5.41) is 7.46. The van der Waals surface area contributed by atoms with Gasteiger partial charge in [0.1, 0.15) is 35.4 Å². The van der Waals surface area contributed by atoms with Gasteiger partial charge in [-0.2, -0.15) is 4.21 Å². The van der Waals surface area contributed by atoms with Gasteiger partial charge in [-0.3, -0.25) is 5.32 Å². The van der Waals surface area contributed by atoms with Crippen LogP contribution in [0.4, 0.5) is 15.9 Å². The third-order valence-electron chi connectivity index (χ3n) is 6.31. The summed E-state index contributed by atoms with van der Waals surface area (Å²) in [6, 6.07) is 21.9. The van der Waals surface area contributed by atoms with E-state index in [0.717, 1.165) is 50.6 Å². The molecule has 3 aromatic carbocycles. The zero-order valence-corrected chi connectivity index (χ0v) is 23.1. The molecule has 5 aromatic rings. The van der Waals surface area contributed by atoms with Crippen LogP contribution in [-0.2, 0) is 23.0 Å². The smallest absolute Gasteiger partial charge is 0.271 e. The number of hydrogen-bond donors (Lipinski definition) is 2. The first-order valence-corrected chi connectivity index (χ1v) is 14.9. The number of nitrogens with zero attached hydrogens (tertiary/aromatic N) is 1. The molecule has 2 heterocycles. The van der Waals surface area contributed by atoms with Gasteiger partial charge in [0.25, 0.3) is 9.84 Å². The fourth-order valence-corrected chi connectivity index (χ4v) is 4.80. The Labute approximate surface area is 232 Å². The zero-order chi connectivity index (χ0) is 28.1. The van der Waals surface area contributed by atoms with Gasteiger partial charge in [0, 0.05) is 12.1 Å². The number of hydrogen-bond acceptors (Lipinski definition) is 6. The lowest BCUT2D eigenvalue weighted by molar-refractivity contribution is -0.363. The predicted octanol–water partition coefficient (Wildman–Crippen LogP) is 5.37. The third-order valence-corrected chi connectivity index (χ3v) is 7.27. The molecule has 0 bridgehead atoms. The van der Waals surface area contributed by atoms with Crippen LogP contribution in [0.2, 0.25) is 0 Å². The first-order valence-electron chi connectivity index (χ1n) is 12.8. The number of H-pyrrole nitrogens is 1. The van der Waals surface area contributed by atoms with Crippen molar-refractivity contribution in [1.29, 1.82) is 0 Å². The second-order valence-electron chi connectivity index (χ2n) is 9.64. The number of nitrogens with one attached hydrogen (secondary N) is 3. The lowest BCUT2D eigenvalue weighted by Gasteiger charge is -2.11. The molecule has 8 nitrogen and oxygen atoms in total. The van der Waals surface area contributed by atoms with Crippen LogP contribution < -0.4 is 20.4 Å². The van der Waals surface area contributed by atoms with Crippen molar-refractivity contribution in [3.05, 3.63) is 102 Å². The Kier molecular flexibility index (Phi) is 8.09. The van der Waals surface area contributed by atoms with Gasteiger partial charge in [-0.05, 0) is 78.7 Å². The van der Waals surface area contributed by atoms with Gasteiger partial charge in [-0.25, -0.2) is 13.6 Å². The molecular weight excluding hydrogens is 531 g/mol. The van der Waals surface area contributed by atoms with Crippen molar-refractivity contribution in [3.63, 3.8) is 0 Å². The van der Waals surface area contributed by atoms with Crippen LogP contribution in [0.3, 0.4) is 0 Å². The van der Waals surface area contributed by atoms with E-state index in [1.54, 1.807) is 12.4 Å². The highest BCUT2D eigenvalue weighted by molar-refractivity contribution is 7.90. The first kappa shape index (κ1) is 27.3. The van der Waals surface area contributed by atoms with Crippen molar-refractivity contribution < 1.29 is 26.9 Å². The summed E-state index contributed by atoms with van der Waals surface area (Å²) < 4.78 is 46.2. The quantitative estimate of drug-likeness (QED) is 0.165. The predicted molar refractivity (Wildman–Crippen MR) is 154 cm³/mol. The van der Waals surface area contributed by atoms with E-state index in [1.807, 2.05) is 61.5 Å². The lowest BCUT2D eigenvalue weighted by atomic mass is 10.1. The van der Waals surface area contributed by atoms with E-state index in [2.05, 4.69) is 20.6 Å². The number of furan rings is 1. The number of aromatic amines is 1. The topological polar surface area (TPSA) is 112 Å². The van der Waals surface area contributed by atoms with Crippen LogP contribution in [0.15, 0.2) is 83.5 Å². The lowest BCUT2D eigenvalue weighted by Crippen LogP contribution is -2.21. The van der Waals surface area contributed by atoms with Crippen molar-refractivity contribution in [2.45, 2.75) is 20.1 Å². The standard InChI is InChI=1S/C30H29FN4O4S/c1-20-14-24(7-10-28(20)38-18-21-4-3-5-23(31)15-21)35-30-26-16-22(6-9-27(26)33-19-34-30)29-11-8-25(39-29)17-32-12-13-40(2,36)37/h3-11,14-16,19,32H,12-13,17-18H2,1-2H3,(H,33,34,35)/p+2. The minimum Gasteiger partial charge on any atom is -0.489 e. The molecule has 0 amide bonds. The zero-order valence-electron chi connectivity index (χ0n) is 22.2. The molecule has 5 rings (SSSR count). The van der Waals surface area contributed by atoms with E-state index in [4.69, 9.17) is 9.15 Å². The number of benzene rings is 3. The summed E-state index contributed by atoms with van der Waals surface area (Å²) in [7, 11) is -2.76. The molecule has 0 saturated heterocycles. The Balaban J connectivity index is 1.29. The maximum absolute atomic E-state index is 13.5. The molecule has 4 N–H and O–H groups in total. The van der Waals surface area contributed by atoms with Crippen molar-refractivity contribution in [2.24, 2.45) is 0 Å². The Morgan fingerprint density at radius 1 is 1.10 bits per heavy atom. The van der Waals surface area contributed by atoms with Crippen molar-refractivity contribution in [2.75, 3.05) is 23.9 Å². The summed E-state index contributed by atoms with van der Waals surface area (Å²) in [5.74, 6) is 2.86.